The fraction of sp³-hybridized carbons (Fsp3) is 0.636. The van der Waals surface area contributed by atoms with E-state index in [2.05, 4.69) is 49.9 Å². The van der Waals surface area contributed by atoms with Crippen molar-refractivity contribution in [3.05, 3.63) is 29.8 Å². The van der Waals surface area contributed by atoms with Gasteiger partial charge >= 0.3 is 0 Å². The molecule has 5 nitrogen and oxygen atoms in total. The second-order valence-corrected chi connectivity index (χ2v) is 7.93. The van der Waals surface area contributed by atoms with Gasteiger partial charge in [0.15, 0.2) is 0 Å². The molecule has 2 unspecified atom stereocenters. The molecule has 2 atom stereocenters. The van der Waals surface area contributed by atoms with Gasteiger partial charge in [-0.1, -0.05) is 26.0 Å². The molecule has 2 amide bonds. The summed E-state index contributed by atoms with van der Waals surface area (Å²) in [7, 11) is 0. The molecule has 2 aliphatic rings. The summed E-state index contributed by atoms with van der Waals surface area (Å²) in [6, 6.07) is 8.52. The second kappa shape index (κ2) is 8.77. The standard InChI is InChI=1S/C22H33N3O2/c1-4-9-24(10-5-2)21(26)19-16-20(19)22(27)25-13-11-23(12-14-25)18-8-6-7-17(3)15-18/h6-8,15,19-20H,4-5,9-14,16H2,1-3H3. The average Bonchev–Trinajstić information content (AvgIpc) is 3.48. The molecule has 1 heterocycles. The van der Waals surface area contributed by atoms with Crippen molar-refractivity contribution in [2.24, 2.45) is 11.8 Å². The molecule has 0 aromatic heterocycles. The van der Waals surface area contributed by atoms with Crippen LogP contribution in [0.25, 0.3) is 0 Å². The molecule has 1 aromatic rings. The van der Waals surface area contributed by atoms with Crippen molar-refractivity contribution in [3.8, 4) is 0 Å². The summed E-state index contributed by atoms with van der Waals surface area (Å²) in [5.41, 5.74) is 2.49. The van der Waals surface area contributed by atoms with Gasteiger partial charge in [0.2, 0.25) is 11.8 Å². The number of hydrogen-bond donors (Lipinski definition) is 0. The molecule has 0 N–H and O–H groups in total. The molecule has 1 saturated heterocycles. The number of hydrogen-bond acceptors (Lipinski definition) is 3. The molecule has 0 bridgehead atoms. The fourth-order valence-corrected chi connectivity index (χ4v) is 4.09. The minimum absolute atomic E-state index is 0.0783. The molecule has 3 rings (SSSR count). The van der Waals surface area contributed by atoms with Crippen molar-refractivity contribution in [1.29, 1.82) is 0 Å². The lowest BCUT2D eigenvalue weighted by atomic mass is 10.1. The zero-order valence-corrected chi connectivity index (χ0v) is 17.0. The van der Waals surface area contributed by atoms with E-state index in [9.17, 15) is 9.59 Å². The van der Waals surface area contributed by atoms with E-state index >= 15 is 0 Å². The van der Waals surface area contributed by atoms with Crippen molar-refractivity contribution in [2.75, 3.05) is 44.2 Å². The van der Waals surface area contributed by atoms with E-state index in [1.807, 2.05) is 9.80 Å². The van der Waals surface area contributed by atoms with E-state index in [4.69, 9.17) is 0 Å². The number of rotatable bonds is 7. The molecule has 1 aliphatic carbocycles. The van der Waals surface area contributed by atoms with Gasteiger partial charge in [0.1, 0.15) is 0 Å². The predicted molar refractivity (Wildman–Crippen MR) is 109 cm³/mol. The quantitative estimate of drug-likeness (QED) is 0.740. The van der Waals surface area contributed by atoms with Crippen LogP contribution in [0.3, 0.4) is 0 Å². The fourth-order valence-electron chi connectivity index (χ4n) is 4.09. The smallest absolute Gasteiger partial charge is 0.226 e. The van der Waals surface area contributed by atoms with Crippen LogP contribution in [0, 0.1) is 18.8 Å². The third-order valence-electron chi connectivity index (χ3n) is 5.68. The minimum Gasteiger partial charge on any atom is -0.368 e. The maximum absolute atomic E-state index is 12.8. The van der Waals surface area contributed by atoms with Gasteiger partial charge in [-0.15, -0.1) is 0 Å². The van der Waals surface area contributed by atoms with Gasteiger partial charge in [0.25, 0.3) is 0 Å². The highest BCUT2D eigenvalue weighted by atomic mass is 16.2. The molecule has 27 heavy (non-hydrogen) atoms. The summed E-state index contributed by atoms with van der Waals surface area (Å²) < 4.78 is 0. The Bertz CT molecular complexity index is 661. The molecular formula is C22H33N3O2. The Labute approximate surface area is 163 Å². The Kier molecular flexibility index (Phi) is 6.40. The van der Waals surface area contributed by atoms with E-state index in [1.54, 1.807) is 0 Å². The lowest BCUT2D eigenvalue weighted by molar-refractivity contribution is -0.138. The van der Waals surface area contributed by atoms with Crippen LogP contribution in [0.1, 0.15) is 38.7 Å². The Balaban J connectivity index is 1.51. The highest BCUT2D eigenvalue weighted by Crippen LogP contribution is 2.41. The van der Waals surface area contributed by atoms with Crippen LogP contribution in [-0.4, -0.2) is 60.9 Å². The van der Waals surface area contributed by atoms with Gasteiger partial charge in [-0.05, 0) is 43.9 Å². The number of amides is 2. The molecule has 148 valence electrons. The average molecular weight is 372 g/mol. The first kappa shape index (κ1) is 19.7. The van der Waals surface area contributed by atoms with Crippen LogP contribution in [0.4, 0.5) is 5.69 Å². The Morgan fingerprint density at radius 1 is 1.04 bits per heavy atom. The summed E-state index contributed by atoms with van der Waals surface area (Å²) in [6.45, 7) is 11.1. The van der Waals surface area contributed by atoms with Gasteiger partial charge in [-0.25, -0.2) is 0 Å². The van der Waals surface area contributed by atoms with Crippen molar-refractivity contribution in [3.63, 3.8) is 0 Å². The first-order chi connectivity index (χ1) is 13.0. The Hall–Kier alpha value is -2.04. The third-order valence-corrected chi connectivity index (χ3v) is 5.68. The van der Waals surface area contributed by atoms with Crippen LogP contribution in [0.5, 0.6) is 0 Å². The van der Waals surface area contributed by atoms with Crippen molar-refractivity contribution in [2.45, 2.75) is 40.0 Å². The molecule has 5 heteroatoms. The largest absolute Gasteiger partial charge is 0.368 e. The SMILES string of the molecule is CCCN(CCC)C(=O)C1CC1C(=O)N1CCN(c2cccc(C)c2)CC1. The third kappa shape index (κ3) is 4.63. The number of benzene rings is 1. The summed E-state index contributed by atoms with van der Waals surface area (Å²) >= 11 is 0. The highest BCUT2D eigenvalue weighted by Gasteiger charge is 2.50. The summed E-state index contributed by atoms with van der Waals surface area (Å²) in [4.78, 5) is 31.8. The van der Waals surface area contributed by atoms with E-state index < -0.39 is 0 Å². The van der Waals surface area contributed by atoms with Crippen LogP contribution in [0.2, 0.25) is 0 Å². The Morgan fingerprint density at radius 3 is 2.30 bits per heavy atom. The first-order valence-corrected chi connectivity index (χ1v) is 10.4. The summed E-state index contributed by atoms with van der Waals surface area (Å²) in [6.07, 6.45) is 2.68. The van der Waals surface area contributed by atoms with E-state index in [-0.39, 0.29) is 23.7 Å². The van der Waals surface area contributed by atoms with Crippen LogP contribution in [0.15, 0.2) is 24.3 Å². The van der Waals surface area contributed by atoms with E-state index in [1.165, 1.54) is 11.3 Å². The number of carbonyl (C=O) groups is 2. The van der Waals surface area contributed by atoms with Crippen LogP contribution < -0.4 is 4.90 Å². The number of nitrogens with zero attached hydrogens (tertiary/aromatic N) is 3. The van der Waals surface area contributed by atoms with Crippen molar-refractivity contribution >= 4 is 17.5 Å². The zero-order chi connectivity index (χ0) is 19.4. The Morgan fingerprint density at radius 2 is 1.70 bits per heavy atom. The van der Waals surface area contributed by atoms with E-state index in [0.717, 1.165) is 58.5 Å². The lowest BCUT2D eigenvalue weighted by Gasteiger charge is -2.36. The van der Waals surface area contributed by atoms with Crippen molar-refractivity contribution < 1.29 is 9.59 Å². The molecule has 1 saturated carbocycles. The monoisotopic (exact) mass is 371 g/mol. The number of piperazine rings is 1. The maximum Gasteiger partial charge on any atom is 0.226 e. The molecule has 0 radical (unpaired) electrons. The highest BCUT2D eigenvalue weighted by molar-refractivity contribution is 5.92. The van der Waals surface area contributed by atoms with Gasteiger partial charge in [-0.3, -0.25) is 9.59 Å². The van der Waals surface area contributed by atoms with Gasteiger partial charge in [0, 0.05) is 45.0 Å². The van der Waals surface area contributed by atoms with E-state index in [0.29, 0.717) is 0 Å². The van der Waals surface area contributed by atoms with Gasteiger partial charge in [-0.2, -0.15) is 0 Å². The summed E-state index contributed by atoms with van der Waals surface area (Å²) in [5.74, 6) is 0.213. The minimum atomic E-state index is -0.0840. The number of anilines is 1. The molecule has 2 fully saturated rings. The van der Waals surface area contributed by atoms with Crippen LogP contribution >= 0.6 is 0 Å². The summed E-state index contributed by atoms with van der Waals surface area (Å²) in [5, 5.41) is 0. The van der Waals surface area contributed by atoms with Crippen LogP contribution in [-0.2, 0) is 9.59 Å². The number of aryl methyl sites for hydroxylation is 1. The topological polar surface area (TPSA) is 43.9 Å². The first-order valence-electron chi connectivity index (χ1n) is 10.4. The molecule has 1 aromatic carbocycles. The second-order valence-electron chi connectivity index (χ2n) is 7.93. The maximum atomic E-state index is 12.8. The predicted octanol–water partition coefficient (Wildman–Crippen LogP) is 2.93. The molecular weight excluding hydrogens is 338 g/mol. The molecule has 0 spiro atoms. The zero-order valence-electron chi connectivity index (χ0n) is 17.0. The lowest BCUT2D eigenvalue weighted by Crippen LogP contribution is -2.49. The van der Waals surface area contributed by atoms with Crippen molar-refractivity contribution in [1.82, 2.24) is 9.80 Å². The number of carbonyl (C=O) groups excluding carboxylic acids is 2. The van der Waals surface area contributed by atoms with Gasteiger partial charge < -0.3 is 14.7 Å². The normalized spacial score (nSPS) is 21.9. The van der Waals surface area contributed by atoms with Gasteiger partial charge in [0.05, 0.1) is 11.8 Å². The molecule has 1 aliphatic heterocycles.